The van der Waals surface area contributed by atoms with E-state index in [4.69, 9.17) is 5.26 Å². The van der Waals surface area contributed by atoms with E-state index in [9.17, 15) is 4.79 Å². The van der Waals surface area contributed by atoms with Gasteiger partial charge in [-0.2, -0.15) is 5.26 Å². The average Bonchev–Trinajstić information content (AvgIpc) is 2.70. The maximum atomic E-state index is 12.3. The van der Waals surface area contributed by atoms with Gasteiger partial charge in [-0.1, -0.05) is 13.8 Å². The van der Waals surface area contributed by atoms with Gasteiger partial charge in [-0.25, -0.2) is 9.78 Å². The Morgan fingerprint density at radius 2 is 2.24 bits per heavy atom. The maximum Gasteiger partial charge on any atom is 0.322 e. The normalized spacial score (nSPS) is 15.7. The number of carbonyl (C=O) groups excluding carboxylic acids is 1. The molecule has 0 saturated carbocycles. The summed E-state index contributed by atoms with van der Waals surface area (Å²) in [5.41, 5.74) is 1.74. The van der Waals surface area contributed by atoms with E-state index in [2.05, 4.69) is 10.3 Å². The molecule has 0 saturated heterocycles. The van der Waals surface area contributed by atoms with E-state index >= 15 is 0 Å². The summed E-state index contributed by atoms with van der Waals surface area (Å²) < 4.78 is 0. The third kappa shape index (κ3) is 3.14. The van der Waals surface area contributed by atoms with Crippen LogP contribution in [0.4, 0.5) is 10.5 Å². The van der Waals surface area contributed by atoms with Gasteiger partial charge in [-0.15, -0.1) is 0 Å². The third-order valence-electron chi connectivity index (χ3n) is 3.55. The molecule has 6 nitrogen and oxygen atoms in total. The number of anilines is 1. The Labute approximate surface area is 125 Å². The third-order valence-corrected chi connectivity index (χ3v) is 3.55. The van der Waals surface area contributed by atoms with Crippen molar-refractivity contribution in [3.8, 4) is 6.07 Å². The largest absolute Gasteiger partial charge is 0.336 e. The zero-order chi connectivity index (χ0) is 15.6. The molecule has 2 rings (SSSR count). The quantitative estimate of drug-likeness (QED) is 0.910. The number of carbonyl (C=O) groups is 1. The fourth-order valence-electron chi connectivity index (χ4n) is 2.45. The van der Waals surface area contributed by atoms with Crippen LogP contribution in [0.1, 0.15) is 25.2 Å². The van der Waals surface area contributed by atoms with E-state index < -0.39 is 0 Å². The van der Waals surface area contributed by atoms with E-state index in [0.717, 1.165) is 17.9 Å². The summed E-state index contributed by atoms with van der Waals surface area (Å²) in [6, 6.07) is 5.39. The Morgan fingerprint density at radius 3 is 2.86 bits per heavy atom. The number of hydrogen-bond donors (Lipinski definition) is 1. The molecule has 0 aliphatic carbocycles. The number of nitriles is 1. The lowest BCUT2D eigenvalue weighted by Crippen LogP contribution is -2.43. The van der Waals surface area contributed by atoms with Crippen LogP contribution in [0.15, 0.2) is 12.1 Å². The first kappa shape index (κ1) is 15.3. The highest BCUT2D eigenvalue weighted by Crippen LogP contribution is 2.38. The zero-order valence-corrected chi connectivity index (χ0v) is 13.0. The monoisotopic (exact) mass is 287 g/mol. The second-order valence-corrected chi connectivity index (χ2v) is 6.18. The molecular formula is C15H21N5O. The second kappa shape index (κ2) is 5.70. The molecule has 0 unspecified atom stereocenters. The SMILES string of the molecule is CN(C)CCNC(=O)N1CC(C)(C)c2nc(C#N)ccc21. The number of likely N-dealkylation sites (N-methyl/N-ethyl adjacent to an activating group) is 1. The molecule has 2 amide bonds. The maximum absolute atomic E-state index is 12.3. The van der Waals surface area contributed by atoms with Crippen LogP contribution in [0.25, 0.3) is 0 Å². The van der Waals surface area contributed by atoms with Gasteiger partial charge in [0.25, 0.3) is 0 Å². The molecule has 0 aromatic carbocycles. The molecule has 21 heavy (non-hydrogen) atoms. The molecule has 0 spiro atoms. The fourth-order valence-corrected chi connectivity index (χ4v) is 2.45. The van der Waals surface area contributed by atoms with Gasteiger partial charge in [0, 0.05) is 25.0 Å². The standard InChI is InChI=1S/C15H21N5O/c1-15(2)10-20(14(21)17-7-8-19(3)4)12-6-5-11(9-16)18-13(12)15/h5-6H,7-8,10H2,1-4H3,(H,17,21). The van der Waals surface area contributed by atoms with Crippen molar-refractivity contribution in [3.63, 3.8) is 0 Å². The molecule has 0 fully saturated rings. The summed E-state index contributed by atoms with van der Waals surface area (Å²) in [7, 11) is 3.93. The first-order valence-corrected chi connectivity index (χ1v) is 6.97. The van der Waals surface area contributed by atoms with E-state index in [0.29, 0.717) is 18.8 Å². The van der Waals surface area contributed by atoms with Crippen molar-refractivity contribution in [1.29, 1.82) is 5.26 Å². The minimum Gasteiger partial charge on any atom is -0.336 e. The van der Waals surface area contributed by atoms with Gasteiger partial charge in [0.2, 0.25) is 0 Å². The Kier molecular flexibility index (Phi) is 4.14. The summed E-state index contributed by atoms with van der Waals surface area (Å²) in [6.45, 7) is 6.03. The minimum atomic E-state index is -0.249. The van der Waals surface area contributed by atoms with Gasteiger partial charge in [0.05, 0.1) is 11.4 Å². The molecule has 1 aliphatic heterocycles. The number of nitrogens with zero attached hydrogens (tertiary/aromatic N) is 4. The van der Waals surface area contributed by atoms with Crippen molar-refractivity contribution >= 4 is 11.7 Å². The van der Waals surface area contributed by atoms with Crippen molar-refractivity contribution in [2.75, 3.05) is 38.6 Å². The Bertz CT molecular complexity index is 588. The molecule has 1 aromatic heterocycles. The molecule has 6 heteroatoms. The summed E-state index contributed by atoms with van der Waals surface area (Å²) in [5, 5.41) is 11.9. The first-order valence-electron chi connectivity index (χ1n) is 6.97. The van der Waals surface area contributed by atoms with Gasteiger partial charge >= 0.3 is 6.03 Å². The lowest BCUT2D eigenvalue weighted by molar-refractivity contribution is 0.244. The number of aromatic nitrogens is 1. The summed E-state index contributed by atoms with van der Waals surface area (Å²) in [5.74, 6) is 0. The number of hydrogen-bond acceptors (Lipinski definition) is 4. The minimum absolute atomic E-state index is 0.116. The van der Waals surface area contributed by atoms with Crippen molar-refractivity contribution in [2.24, 2.45) is 0 Å². The van der Waals surface area contributed by atoms with Gasteiger partial charge in [-0.3, -0.25) is 4.90 Å². The van der Waals surface area contributed by atoms with Gasteiger partial charge in [-0.05, 0) is 26.2 Å². The number of nitrogens with one attached hydrogen (secondary N) is 1. The predicted molar refractivity (Wildman–Crippen MR) is 81.3 cm³/mol. The van der Waals surface area contributed by atoms with E-state index in [-0.39, 0.29) is 11.4 Å². The number of urea groups is 1. The van der Waals surface area contributed by atoms with E-state index in [1.807, 2.05) is 38.9 Å². The topological polar surface area (TPSA) is 72.3 Å². The molecule has 0 bridgehead atoms. The highest BCUT2D eigenvalue weighted by molar-refractivity contribution is 5.94. The van der Waals surface area contributed by atoms with Crippen LogP contribution in [0.5, 0.6) is 0 Å². The Hall–Kier alpha value is -2.13. The molecule has 0 radical (unpaired) electrons. The average molecular weight is 287 g/mol. The fraction of sp³-hybridized carbons (Fsp3) is 0.533. The molecule has 1 aliphatic rings. The number of rotatable bonds is 3. The highest BCUT2D eigenvalue weighted by Gasteiger charge is 2.39. The number of amides is 2. The Balaban J connectivity index is 2.18. The molecular weight excluding hydrogens is 266 g/mol. The molecule has 2 heterocycles. The van der Waals surface area contributed by atoms with Gasteiger partial charge in [0.1, 0.15) is 11.8 Å². The van der Waals surface area contributed by atoms with Gasteiger partial charge < -0.3 is 10.2 Å². The van der Waals surface area contributed by atoms with E-state index in [1.165, 1.54) is 0 Å². The molecule has 112 valence electrons. The van der Waals surface area contributed by atoms with Crippen molar-refractivity contribution < 1.29 is 4.79 Å². The van der Waals surface area contributed by atoms with Crippen molar-refractivity contribution in [1.82, 2.24) is 15.2 Å². The molecule has 1 N–H and O–H groups in total. The molecule has 1 aromatic rings. The zero-order valence-electron chi connectivity index (χ0n) is 13.0. The van der Waals surface area contributed by atoms with Crippen molar-refractivity contribution in [3.05, 3.63) is 23.5 Å². The van der Waals surface area contributed by atoms with Gasteiger partial charge in [0.15, 0.2) is 0 Å². The number of pyridine rings is 1. The Morgan fingerprint density at radius 1 is 1.52 bits per heavy atom. The van der Waals surface area contributed by atoms with Crippen LogP contribution in [0.3, 0.4) is 0 Å². The van der Waals surface area contributed by atoms with Crippen LogP contribution < -0.4 is 10.2 Å². The lowest BCUT2D eigenvalue weighted by Gasteiger charge is -2.21. The number of fused-ring (bicyclic) bond motifs is 1. The van der Waals surface area contributed by atoms with Crippen LogP contribution in [-0.4, -0.2) is 49.6 Å². The van der Waals surface area contributed by atoms with Crippen LogP contribution in [0.2, 0.25) is 0 Å². The summed E-state index contributed by atoms with van der Waals surface area (Å²) in [6.07, 6.45) is 0. The first-order chi connectivity index (χ1) is 9.85. The van der Waals surface area contributed by atoms with E-state index in [1.54, 1.807) is 17.0 Å². The van der Waals surface area contributed by atoms with Crippen molar-refractivity contribution in [2.45, 2.75) is 19.3 Å². The van der Waals surface area contributed by atoms with Crippen LogP contribution in [0, 0.1) is 11.3 Å². The predicted octanol–water partition coefficient (Wildman–Crippen LogP) is 1.32. The molecule has 0 atom stereocenters. The van der Waals surface area contributed by atoms with Crippen LogP contribution >= 0.6 is 0 Å². The highest BCUT2D eigenvalue weighted by atomic mass is 16.2. The van der Waals surface area contributed by atoms with Crippen LogP contribution in [-0.2, 0) is 5.41 Å². The summed E-state index contributed by atoms with van der Waals surface area (Å²) in [4.78, 5) is 20.4. The summed E-state index contributed by atoms with van der Waals surface area (Å²) >= 11 is 0. The lowest BCUT2D eigenvalue weighted by atomic mass is 9.91. The smallest absolute Gasteiger partial charge is 0.322 e. The second-order valence-electron chi connectivity index (χ2n) is 6.18.